The summed E-state index contributed by atoms with van der Waals surface area (Å²) in [6.07, 6.45) is 9.99. The molecule has 0 atom stereocenters. The minimum absolute atomic E-state index is 0.113. The summed E-state index contributed by atoms with van der Waals surface area (Å²) in [6.45, 7) is 4.47. The molecule has 0 aliphatic carbocycles. The molecule has 3 aromatic rings. The van der Waals surface area contributed by atoms with E-state index < -0.39 is 0 Å². The molecule has 0 radical (unpaired) electrons. The Morgan fingerprint density at radius 1 is 1.00 bits per heavy atom. The van der Waals surface area contributed by atoms with Crippen LogP contribution in [0.4, 0.5) is 5.82 Å². The summed E-state index contributed by atoms with van der Waals surface area (Å²) in [5.41, 5.74) is 9.55. The van der Waals surface area contributed by atoms with E-state index in [0.717, 1.165) is 48.2 Å². The SMILES string of the molecule is Nc1ncc(-c2ccc(C(=O)N3CCC(N4CCCC4)CC3)cc2)cc1OCc1cccnc1. The molecule has 176 valence electrons. The number of hydrogen-bond donors (Lipinski definition) is 1. The molecule has 34 heavy (non-hydrogen) atoms. The Kier molecular flexibility index (Phi) is 6.72. The van der Waals surface area contributed by atoms with Gasteiger partial charge < -0.3 is 20.3 Å². The molecule has 2 aromatic heterocycles. The van der Waals surface area contributed by atoms with Crippen LogP contribution in [0.25, 0.3) is 11.1 Å². The van der Waals surface area contributed by atoms with E-state index in [0.29, 0.717) is 24.2 Å². The van der Waals surface area contributed by atoms with Gasteiger partial charge in [-0.2, -0.15) is 0 Å². The zero-order valence-corrected chi connectivity index (χ0v) is 19.4. The lowest BCUT2D eigenvalue weighted by molar-refractivity contribution is 0.0644. The highest BCUT2D eigenvalue weighted by atomic mass is 16.5. The molecule has 0 bridgehead atoms. The summed E-state index contributed by atoms with van der Waals surface area (Å²) in [6, 6.07) is 14.1. The number of ether oxygens (including phenoxy) is 1. The largest absolute Gasteiger partial charge is 0.485 e. The molecule has 0 unspecified atom stereocenters. The molecule has 2 N–H and O–H groups in total. The predicted molar refractivity (Wildman–Crippen MR) is 132 cm³/mol. The van der Waals surface area contributed by atoms with Gasteiger partial charge in [-0.15, -0.1) is 0 Å². The number of aromatic nitrogens is 2. The minimum atomic E-state index is 0.113. The Morgan fingerprint density at radius 3 is 2.47 bits per heavy atom. The van der Waals surface area contributed by atoms with Crippen LogP contribution in [0.15, 0.2) is 61.1 Å². The summed E-state index contributed by atoms with van der Waals surface area (Å²) in [5.74, 6) is 0.987. The Bertz CT molecular complexity index is 1110. The fourth-order valence-corrected chi connectivity index (χ4v) is 4.90. The third kappa shape index (κ3) is 5.04. The second-order valence-corrected chi connectivity index (χ2v) is 9.10. The first-order valence-corrected chi connectivity index (χ1v) is 12.1. The van der Waals surface area contributed by atoms with E-state index in [9.17, 15) is 4.79 Å². The van der Waals surface area contributed by atoms with Gasteiger partial charge in [0, 0.05) is 54.4 Å². The van der Waals surface area contributed by atoms with Crippen LogP contribution in [0.3, 0.4) is 0 Å². The lowest BCUT2D eigenvalue weighted by atomic mass is 10.0. The molecule has 7 heteroatoms. The molecule has 2 fully saturated rings. The Labute approximate surface area is 200 Å². The number of nitrogen functional groups attached to an aromatic ring is 1. The van der Waals surface area contributed by atoms with Gasteiger partial charge in [0.25, 0.3) is 5.91 Å². The van der Waals surface area contributed by atoms with E-state index in [1.165, 1.54) is 25.9 Å². The van der Waals surface area contributed by atoms with E-state index >= 15 is 0 Å². The summed E-state index contributed by atoms with van der Waals surface area (Å²) >= 11 is 0. The number of rotatable bonds is 6. The van der Waals surface area contributed by atoms with Gasteiger partial charge in [0.2, 0.25) is 0 Å². The van der Waals surface area contributed by atoms with E-state index in [1.807, 2.05) is 47.4 Å². The number of pyridine rings is 2. The first kappa shape index (κ1) is 22.3. The summed E-state index contributed by atoms with van der Waals surface area (Å²) < 4.78 is 5.88. The topological polar surface area (TPSA) is 84.6 Å². The number of likely N-dealkylation sites (tertiary alicyclic amines) is 2. The van der Waals surface area contributed by atoms with E-state index in [-0.39, 0.29) is 5.91 Å². The van der Waals surface area contributed by atoms with Gasteiger partial charge in [-0.1, -0.05) is 18.2 Å². The van der Waals surface area contributed by atoms with Crippen molar-refractivity contribution in [1.82, 2.24) is 19.8 Å². The highest BCUT2D eigenvalue weighted by Crippen LogP contribution is 2.28. The third-order valence-corrected chi connectivity index (χ3v) is 6.87. The van der Waals surface area contributed by atoms with Gasteiger partial charge in [0.15, 0.2) is 11.6 Å². The molecule has 0 spiro atoms. The highest BCUT2D eigenvalue weighted by molar-refractivity contribution is 5.94. The van der Waals surface area contributed by atoms with Crippen molar-refractivity contribution in [3.8, 4) is 16.9 Å². The number of carbonyl (C=O) groups is 1. The molecule has 2 aliphatic heterocycles. The third-order valence-electron chi connectivity index (χ3n) is 6.87. The monoisotopic (exact) mass is 457 g/mol. The molecular weight excluding hydrogens is 426 g/mol. The van der Waals surface area contributed by atoms with Gasteiger partial charge in [-0.3, -0.25) is 9.78 Å². The van der Waals surface area contributed by atoms with Gasteiger partial charge in [0.05, 0.1) is 0 Å². The number of amides is 1. The highest BCUT2D eigenvalue weighted by Gasteiger charge is 2.28. The van der Waals surface area contributed by atoms with Gasteiger partial charge in [-0.05, 0) is 68.6 Å². The zero-order valence-electron chi connectivity index (χ0n) is 19.4. The summed E-state index contributed by atoms with van der Waals surface area (Å²) in [4.78, 5) is 26.1. The van der Waals surface area contributed by atoms with Crippen molar-refractivity contribution in [2.75, 3.05) is 31.9 Å². The summed E-state index contributed by atoms with van der Waals surface area (Å²) in [7, 11) is 0. The molecule has 5 rings (SSSR count). The fraction of sp³-hybridized carbons (Fsp3) is 0.370. The standard InChI is InChI=1S/C27H31N5O2/c28-26-25(34-19-20-4-3-11-29-17-20)16-23(18-30-26)21-5-7-22(8-6-21)27(33)32-14-9-24(10-15-32)31-12-1-2-13-31/h3-8,11,16-18,24H,1-2,9-10,12-15,19H2,(H2,28,30). The van der Waals surface area contributed by atoms with Crippen molar-refractivity contribution in [2.45, 2.75) is 38.3 Å². The average molecular weight is 458 g/mol. The van der Waals surface area contributed by atoms with Gasteiger partial charge >= 0.3 is 0 Å². The number of anilines is 1. The molecule has 1 amide bonds. The van der Waals surface area contributed by atoms with Crippen molar-refractivity contribution in [3.05, 3.63) is 72.2 Å². The van der Waals surface area contributed by atoms with Crippen molar-refractivity contribution in [2.24, 2.45) is 0 Å². The van der Waals surface area contributed by atoms with E-state index in [2.05, 4.69) is 14.9 Å². The molecule has 0 saturated carbocycles. The number of carbonyl (C=O) groups excluding carboxylic acids is 1. The number of nitrogens with zero attached hydrogens (tertiary/aromatic N) is 4. The molecular formula is C27H31N5O2. The van der Waals surface area contributed by atoms with Crippen LogP contribution in [0.5, 0.6) is 5.75 Å². The quantitative estimate of drug-likeness (QED) is 0.602. The van der Waals surface area contributed by atoms with Crippen molar-refractivity contribution < 1.29 is 9.53 Å². The van der Waals surface area contributed by atoms with Crippen LogP contribution < -0.4 is 10.5 Å². The number of nitrogens with two attached hydrogens (primary N) is 1. The van der Waals surface area contributed by atoms with Crippen LogP contribution in [-0.4, -0.2) is 57.9 Å². The molecule has 2 aliphatic rings. The minimum Gasteiger partial charge on any atom is -0.485 e. The second-order valence-electron chi connectivity index (χ2n) is 9.10. The predicted octanol–water partition coefficient (Wildman–Crippen LogP) is 4.01. The van der Waals surface area contributed by atoms with Crippen LogP contribution >= 0.6 is 0 Å². The van der Waals surface area contributed by atoms with Crippen LogP contribution in [0.2, 0.25) is 0 Å². The lowest BCUT2D eigenvalue weighted by Crippen LogP contribution is -2.45. The Balaban J connectivity index is 1.22. The number of piperidine rings is 1. The van der Waals surface area contributed by atoms with Crippen molar-refractivity contribution in [3.63, 3.8) is 0 Å². The van der Waals surface area contributed by atoms with Crippen LogP contribution in [0, 0.1) is 0 Å². The Morgan fingerprint density at radius 2 is 1.76 bits per heavy atom. The van der Waals surface area contributed by atoms with E-state index in [1.54, 1.807) is 18.6 Å². The maximum atomic E-state index is 13.1. The molecule has 4 heterocycles. The van der Waals surface area contributed by atoms with Gasteiger partial charge in [-0.25, -0.2) is 4.98 Å². The average Bonchev–Trinajstić information content (AvgIpc) is 3.44. The van der Waals surface area contributed by atoms with Gasteiger partial charge in [0.1, 0.15) is 6.61 Å². The smallest absolute Gasteiger partial charge is 0.253 e. The zero-order chi connectivity index (χ0) is 23.3. The summed E-state index contributed by atoms with van der Waals surface area (Å²) in [5, 5.41) is 0. The first-order chi connectivity index (χ1) is 16.7. The molecule has 1 aromatic carbocycles. The maximum Gasteiger partial charge on any atom is 0.253 e. The fourth-order valence-electron chi connectivity index (χ4n) is 4.90. The maximum absolute atomic E-state index is 13.1. The lowest BCUT2D eigenvalue weighted by Gasteiger charge is -2.36. The molecule has 7 nitrogen and oxygen atoms in total. The Hall–Kier alpha value is -3.45. The van der Waals surface area contributed by atoms with Crippen molar-refractivity contribution in [1.29, 1.82) is 0 Å². The second kappa shape index (κ2) is 10.2. The van der Waals surface area contributed by atoms with E-state index in [4.69, 9.17) is 10.5 Å². The first-order valence-electron chi connectivity index (χ1n) is 12.1. The van der Waals surface area contributed by atoms with Crippen molar-refractivity contribution >= 4 is 11.7 Å². The van der Waals surface area contributed by atoms with Crippen LogP contribution in [0.1, 0.15) is 41.6 Å². The normalized spacial score (nSPS) is 17.1. The van der Waals surface area contributed by atoms with Crippen LogP contribution in [-0.2, 0) is 6.61 Å². The number of benzene rings is 1. The molecule has 2 saturated heterocycles. The number of hydrogen-bond acceptors (Lipinski definition) is 6.